The number of piperazine rings is 1. The summed E-state index contributed by atoms with van der Waals surface area (Å²) < 4.78 is 7.44. The predicted molar refractivity (Wildman–Crippen MR) is 186 cm³/mol. The number of nitrogens with zero attached hydrogens (tertiary/aromatic N) is 5. The van der Waals surface area contributed by atoms with Crippen molar-refractivity contribution in [2.24, 2.45) is 0 Å². The second-order valence-electron chi connectivity index (χ2n) is 11.9. The Morgan fingerprint density at radius 3 is 2.54 bits per heavy atom. The minimum atomic E-state index is -0.117. The highest BCUT2D eigenvalue weighted by molar-refractivity contribution is 6.33. The zero-order chi connectivity index (χ0) is 31.5. The lowest BCUT2D eigenvalue weighted by Gasteiger charge is -2.30. The van der Waals surface area contributed by atoms with Gasteiger partial charge in [0.1, 0.15) is 11.3 Å². The number of hydrogen-bond acceptors (Lipinski definition) is 8. The van der Waals surface area contributed by atoms with E-state index < -0.39 is 0 Å². The molecule has 5 aromatic rings. The molecular weight excluding hydrogens is 598 g/mol. The van der Waals surface area contributed by atoms with Crippen LogP contribution in [0.25, 0.3) is 11.0 Å². The van der Waals surface area contributed by atoms with E-state index in [9.17, 15) is 4.79 Å². The van der Waals surface area contributed by atoms with E-state index >= 15 is 0 Å². The molecule has 0 aliphatic carbocycles. The van der Waals surface area contributed by atoms with Gasteiger partial charge in [0.25, 0.3) is 5.56 Å². The minimum absolute atomic E-state index is 0.117. The topological polar surface area (TPSA) is 87.6 Å². The van der Waals surface area contributed by atoms with Crippen molar-refractivity contribution in [2.75, 3.05) is 61.6 Å². The molecule has 7 rings (SSSR count). The number of para-hydroxylation sites is 1. The fourth-order valence-corrected chi connectivity index (χ4v) is 6.81. The van der Waals surface area contributed by atoms with Gasteiger partial charge in [-0.1, -0.05) is 54.1 Å². The van der Waals surface area contributed by atoms with E-state index in [0.29, 0.717) is 34.8 Å². The molecule has 0 saturated carbocycles. The summed E-state index contributed by atoms with van der Waals surface area (Å²) in [4.78, 5) is 28.2. The monoisotopic (exact) mass is 635 g/mol. The third kappa shape index (κ3) is 6.31. The second kappa shape index (κ2) is 13.5. The van der Waals surface area contributed by atoms with E-state index in [0.717, 1.165) is 80.2 Å². The van der Waals surface area contributed by atoms with Crippen LogP contribution in [0.1, 0.15) is 29.9 Å². The summed E-state index contributed by atoms with van der Waals surface area (Å²) in [6, 6.07) is 26.2. The molecule has 4 heterocycles. The summed E-state index contributed by atoms with van der Waals surface area (Å²) in [5, 5.41) is 8.15. The number of nitrogens with one attached hydrogen (secondary N) is 2. The summed E-state index contributed by atoms with van der Waals surface area (Å²) >= 11 is 6.74. The van der Waals surface area contributed by atoms with E-state index in [4.69, 9.17) is 21.3 Å². The van der Waals surface area contributed by atoms with Crippen molar-refractivity contribution in [1.29, 1.82) is 0 Å². The molecule has 236 valence electrons. The highest BCUT2D eigenvalue weighted by Crippen LogP contribution is 2.32. The smallest absolute Gasteiger partial charge is 0.276 e. The number of rotatable bonds is 8. The number of anilines is 5. The Morgan fingerprint density at radius 2 is 1.76 bits per heavy atom. The molecule has 2 fully saturated rings. The molecule has 46 heavy (non-hydrogen) atoms. The van der Waals surface area contributed by atoms with Gasteiger partial charge in [-0.15, -0.1) is 0 Å². The first kappa shape index (κ1) is 30.2. The molecule has 10 heteroatoms. The van der Waals surface area contributed by atoms with Gasteiger partial charge in [-0.25, -0.2) is 4.98 Å². The summed E-state index contributed by atoms with van der Waals surface area (Å²) in [5.41, 5.74) is 6.10. The molecule has 2 saturated heterocycles. The first-order chi connectivity index (χ1) is 22.5. The molecule has 2 N–H and O–H groups in total. The molecule has 0 spiro atoms. The Bertz CT molecular complexity index is 1890. The van der Waals surface area contributed by atoms with Crippen LogP contribution in [0.2, 0.25) is 5.02 Å². The van der Waals surface area contributed by atoms with Crippen molar-refractivity contribution in [3.8, 4) is 0 Å². The molecule has 9 nitrogen and oxygen atoms in total. The van der Waals surface area contributed by atoms with Gasteiger partial charge in [0.2, 0.25) is 5.95 Å². The zero-order valence-corrected chi connectivity index (χ0v) is 26.7. The van der Waals surface area contributed by atoms with Crippen molar-refractivity contribution in [1.82, 2.24) is 19.9 Å². The predicted octanol–water partition coefficient (Wildman–Crippen LogP) is 6.31. The Morgan fingerprint density at radius 1 is 1.00 bits per heavy atom. The van der Waals surface area contributed by atoms with Crippen LogP contribution >= 0.6 is 11.6 Å². The number of aromatic nitrogens is 3. The van der Waals surface area contributed by atoms with Gasteiger partial charge in [0.05, 0.1) is 17.3 Å². The van der Waals surface area contributed by atoms with Crippen LogP contribution in [0.15, 0.2) is 89.9 Å². The Hall–Kier alpha value is -4.44. The Kier molecular flexibility index (Phi) is 8.87. The van der Waals surface area contributed by atoms with Gasteiger partial charge >= 0.3 is 0 Å². The van der Waals surface area contributed by atoms with Crippen molar-refractivity contribution in [3.05, 3.63) is 112 Å². The summed E-state index contributed by atoms with van der Waals surface area (Å²) in [5.74, 6) is 0.788. The first-order valence-electron chi connectivity index (χ1n) is 15.9. The lowest BCUT2D eigenvalue weighted by molar-refractivity contribution is 0.0851. The van der Waals surface area contributed by atoms with Crippen molar-refractivity contribution in [2.45, 2.75) is 25.3 Å². The van der Waals surface area contributed by atoms with E-state index in [1.54, 1.807) is 10.8 Å². The van der Waals surface area contributed by atoms with Gasteiger partial charge < -0.3 is 25.2 Å². The Labute approximate surface area is 273 Å². The molecule has 2 aromatic heterocycles. The third-order valence-electron chi connectivity index (χ3n) is 9.02. The molecule has 3 aromatic carbocycles. The number of pyridine rings is 1. The normalized spacial score (nSPS) is 15.7. The standard InChI is InChI=1S/C36H38ClN7O2/c1-42(29-8-3-2-4-9-29)33-21-27-23-39-36(40-28-11-12-32(31(37)22-28)43-17-15-38-16-18-43)41-34(27)44(35(33)45)24-26-7-5-6-10-30(26)25-13-19-46-20-14-25/h2-12,21-23,25,38H,13-20,24H2,1H3,(H,39,40,41). The van der Waals surface area contributed by atoms with Crippen LogP contribution in [-0.4, -0.2) is 61.0 Å². The van der Waals surface area contributed by atoms with E-state index in [1.165, 1.54) is 5.56 Å². The summed E-state index contributed by atoms with van der Waals surface area (Å²) in [6.07, 6.45) is 3.72. The third-order valence-corrected chi connectivity index (χ3v) is 9.32. The summed E-state index contributed by atoms with van der Waals surface area (Å²) in [6.45, 7) is 5.59. The van der Waals surface area contributed by atoms with Crippen LogP contribution < -0.4 is 26.0 Å². The molecule has 0 bridgehead atoms. The highest BCUT2D eigenvalue weighted by Gasteiger charge is 2.22. The summed E-state index contributed by atoms with van der Waals surface area (Å²) in [7, 11) is 1.92. The molecular formula is C36H38ClN7O2. The van der Waals surface area contributed by atoms with Crippen LogP contribution in [0.5, 0.6) is 0 Å². The average Bonchev–Trinajstić information content (AvgIpc) is 3.10. The minimum Gasteiger partial charge on any atom is -0.381 e. The maximum absolute atomic E-state index is 14.4. The van der Waals surface area contributed by atoms with Crippen LogP contribution in [0.3, 0.4) is 0 Å². The zero-order valence-electron chi connectivity index (χ0n) is 26.0. The average molecular weight is 636 g/mol. The molecule has 0 amide bonds. The van der Waals surface area contributed by atoms with Gasteiger partial charge in [-0.05, 0) is 66.3 Å². The van der Waals surface area contributed by atoms with Crippen LogP contribution in [0.4, 0.5) is 28.7 Å². The molecule has 2 aliphatic heterocycles. The second-order valence-corrected chi connectivity index (χ2v) is 12.3. The largest absolute Gasteiger partial charge is 0.381 e. The number of halogens is 1. The maximum atomic E-state index is 14.4. The van der Waals surface area contributed by atoms with E-state index in [2.05, 4.69) is 38.7 Å². The van der Waals surface area contributed by atoms with Gasteiger partial charge in [-0.3, -0.25) is 9.36 Å². The van der Waals surface area contributed by atoms with Crippen LogP contribution in [0, 0.1) is 0 Å². The molecule has 2 aliphatic rings. The van der Waals surface area contributed by atoms with Crippen LogP contribution in [-0.2, 0) is 11.3 Å². The highest BCUT2D eigenvalue weighted by atomic mass is 35.5. The first-order valence-corrected chi connectivity index (χ1v) is 16.3. The fourth-order valence-electron chi connectivity index (χ4n) is 6.51. The number of fused-ring (bicyclic) bond motifs is 1. The fraction of sp³-hybridized carbons (Fsp3) is 0.306. The van der Waals surface area contributed by atoms with Crippen molar-refractivity contribution < 1.29 is 4.74 Å². The lowest BCUT2D eigenvalue weighted by atomic mass is 9.88. The van der Waals surface area contributed by atoms with Gasteiger partial charge in [0.15, 0.2) is 0 Å². The number of hydrogen-bond donors (Lipinski definition) is 2. The van der Waals surface area contributed by atoms with Crippen molar-refractivity contribution >= 4 is 51.3 Å². The van der Waals surface area contributed by atoms with Gasteiger partial charge in [-0.2, -0.15) is 4.98 Å². The van der Waals surface area contributed by atoms with E-state index in [1.807, 2.05) is 72.6 Å². The Balaban J connectivity index is 1.28. The quantitative estimate of drug-likeness (QED) is 0.205. The number of ether oxygens (including phenoxy) is 1. The van der Waals surface area contributed by atoms with E-state index in [-0.39, 0.29) is 5.56 Å². The maximum Gasteiger partial charge on any atom is 0.276 e. The van der Waals surface area contributed by atoms with Gasteiger partial charge in [0, 0.05) is 69.4 Å². The van der Waals surface area contributed by atoms with Crippen molar-refractivity contribution in [3.63, 3.8) is 0 Å². The molecule has 0 radical (unpaired) electrons. The lowest BCUT2D eigenvalue weighted by Crippen LogP contribution is -2.43. The SMILES string of the molecule is CN(c1ccccc1)c1cc2cnc(Nc3ccc(N4CCNCC4)c(Cl)c3)nc2n(Cc2ccccc2C2CCOCC2)c1=O. The molecule has 0 atom stereocenters. The number of benzene rings is 3. The molecule has 0 unspecified atom stereocenters.